The van der Waals surface area contributed by atoms with Crippen molar-refractivity contribution >= 4 is 0 Å². The molecule has 6 atom stereocenters. The lowest BCUT2D eigenvalue weighted by Gasteiger charge is -2.64. The lowest BCUT2D eigenvalue weighted by Crippen LogP contribution is -2.58. The van der Waals surface area contributed by atoms with Crippen LogP contribution in [0.25, 0.3) is 0 Å². The third kappa shape index (κ3) is 1.62. The standard InChI is InChI=1S/C20H32O/c1-13-14-6-7-16-19(4)10-5-9-18(2,3)15(19)8-11-20(16,12-14)17(13)21/h14-17,21H,1,5-12H2,2-4H3/t14-,15+,16-,17+,19+,20-/m0/s1. The minimum Gasteiger partial charge on any atom is -0.388 e. The normalized spacial score (nSPS) is 55.0. The SMILES string of the molecule is C=C1[C@H]2CC[C@H]3[C@]4(C)CCCC(C)(C)[C@H]4CC[C@@]3(C2)[C@@H]1O. The Balaban J connectivity index is 1.77. The zero-order valence-electron chi connectivity index (χ0n) is 14.1. The van der Waals surface area contributed by atoms with Gasteiger partial charge in [0, 0.05) is 5.41 Å². The average Bonchev–Trinajstić information content (AvgIpc) is 2.59. The third-order valence-electron chi connectivity index (χ3n) is 8.51. The minimum atomic E-state index is -0.210. The Morgan fingerprint density at radius 2 is 1.76 bits per heavy atom. The van der Waals surface area contributed by atoms with E-state index in [2.05, 4.69) is 27.4 Å². The van der Waals surface area contributed by atoms with Crippen LogP contribution in [0.1, 0.15) is 72.1 Å². The summed E-state index contributed by atoms with van der Waals surface area (Å²) in [5.41, 5.74) is 2.32. The molecule has 0 aliphatic heterocycles. The Morgan fingerprint density at radius 1 is 1.00 bits per heavy atom. The highest BCUT2D eigenvalue weighted by atomic mass is 16.3. The third-order valence-corrected chi connectivity index (χ3v) is 8.51. The second-order valence-corrected chi connectivity index (χ2v) is 9.68. The Labute approximate surface area is 130 Å². The molecule has 0 amide bonds. The molecule has 0 heterocycles. The van der Waals surface area contributed by atoms with Crippen LogP contribution in [0.2, 0.25) is 0 Å². The quantitative estimate of drug-likeness (QED) is 0.626. The molecule has 4 aliphatic carbocycles. The first-order valence-corrected chi connectivity index (χ1v) is 9.18. The van der Waals surface area contributed by atoms with Crippen molar-refractivity contribution in [3.05, 3.63) is 12.2 Å². The summed E-state index contributed by atoms with van der Waals surface area (Å²) in [6.07, 6.45) is 10.4. The van der Waals surface area contributed by atoms with Crippen molar-refractivity contribution in [2.24, 2.45) is 34.0 Å². The Bertz CT molecular complexity index is 478. The highest BCUT2D eigenvalue weighted by Gasteiger charge is 2.65. The van der Waals surface area contributed by atoms with E-state index >= 15 is 0 Å². The fourth-order valence-electron chi connectivity index (χ4n) is 7.69. The van der Waals surface area contributed by atoms with Gasteiger partial charge in [0.15, 0.2) is 0 Å². The summed E-state index contributed by atoms with van der Waals surface area (Å²) in [6, 6.07) is 0. The monoisotopic (exact) mass is 288 g/mol. The van der Waals surface area contributed by atoms with Gasteiger partial charge < -0.3 is 5.11 Å². The van der Waals surface area contributed by atoms with Crippen LogP contribution < -0.4 is 0 Å². The summed E-state index contributed by atoms with van der Waals surface area (Å²) >= 11 is 0. The molecule has 4 fully saturated rings. The molecular weight excluding hydrogens is 256 g/mol. The van der Waals surface area contributed by atoms with E-state index in [9.17, 15) is 5.11 Å². The van der Waals surface area contributed by atoms with Crippen molar-refractivity contribution in [1.82, 2.24) is 0 Å². The molecule has 4 aliphatic rings. The lowest BCUT2D eigenvalue weighted by molar-refractivity contribution is -0.167. The zero-order valence-corrected chi connectivity index (χ0v) is 14.1. The van der Waals surface area contributed by atoms with Crippen LogP contribution in [-0.4, -0.2) is 11.2 Å². The van der Waals surface area contributed by atoms with Gasteiger partial charge in [-0.3, -0.25) is 0 Å². The first-order valence-electron chi connectivity index (χ1n) is 9.18. The van der Waals surface area contributed by atoms with Gasteiger partial charge in [0.05, 0.1) is 6.10 Å². The fraction of sp³-hybridized carbons (Fsp3) is 0.900. The molecule has 4 saturated carbocycles. The predicted molar refractivity (Wildman–Crippen MR) is 86.9 cm³/mol. The van der Waals surface area contributed by atoms with Gasteiger partial charge in [0.1, 0.15) is 0 Å². The van der Waals surface area contributed by atoms with E-state index < -0.39 is 0 Å². The Morgan fingerprint density at radius 3 is 2.52 bits per heavy atom. The first-order chi connectivity index (χ1) is 9.81. The second-order valence-electron chi connectivity index (χ2n) is 9.68. The first kappa shape index (κ1) is 14.3. The smallest absolute Gasteiger partial charge is 0.0809 e. The zero-order chi connectivity index (χ0) is 15.0. The number of hydrogen-bond donors (Lipinski definition) is 1. The van der Waals surface area contributed by atoms with Crippen molar-refractivity contribution in [2.45, 2.75) is 78.2 Å². The van der Waals surface area contributed by atoms with Crippen LogP contribution in [0.3, 0.4) is 0 Å². The maximum atomic E-state index is 11.0. The van der Waals surface area contributed by atoms with Crippen LogP contribution in [0.5, 0.6) is 0 Å². The van der Waals surface area contributed by atoms with Crippen molar-refractivity contribution in [3.63, 3.8) is 0 Å². The maximum Gasteiger partial charge on any atom is 0.0809 e. The predicted octanol–water partition coefficient (Wildman–Crippen LogP) is 4.95. The van der Waals surface area contributed by atoms with Crippen LogP contribution in [0.15, 0.2) is 12.2 Å². The molecule has 0 unspecified atom stereocenters. The van der Waals surface area contributed by atoms with Gasteiger partial charge in [-0.25, -0.2) is 0 Å². The summed E-state index contributed by atoms with van der Waals surface area (Å²) in [5.74, 6) is 2.20. The number of aliphatic hydroxyl groups is 1. The minimum absolute atomic E-state index is 0.193. The molecule has 0 aromatic carbocycles. The average molecular weight is 288 g/mol. The van der Waals surface area contributed by atoms with Gasteiger partial charge in [-0.1, -0.05) is 33.8 Å². The van der Waals surface area contributed by atoms with E-state index in [4.69, 9.17) is 0 Å². The van der Waals surface area contributed by atoms with E-state index in [1.54, 1.807) is 0 Å². The number of fused-ring (bicyclic) bond motifs is 3. The fourth-order valence-corrected chi connectivity index (χ4v) is 7.69. The van der Waals surface area contributed by atoms with Crippen molar-refractivity contribution < 1.29 is 5.11 Å². The van der Waals surface area contributed by atoms with Gasteiger partial charge in [0.25, 0.3) is 0 Å². The molecule has 0 aromatic rings. The van der Waals surface area contributed by atoms with E-state index in [1.807, 2.05) is 0 Å². The van der Waals surface area contributed by atoms with E-state index in [1.165, 1.54) is 56.9 Å². The van der Waals surface area contributed by atoms with Gasteiger partial charge >= 0.3 is 0 Å². The van der Waals surface area contributed by atoms with Crippen molar-refractivity contribution in [1.29, 1.82) is 0 Å². The number of aliphatic hydroxyl groups excluding tert-OH is 1. The van der Waals surface area contributed by atoms with Gasteiger partial charge in [-0.2, -0.15) is 0 Å². The molecule has 1 nitrogen and oxygen atoms in total. The van der Waals surface area contributed by atoms with Gasteiger partial charge in [-0.15, -0.1) is 0 Å². The van der Waals surface area contributed by atoms with Gasteiger partial charge in [-0.05, 0) is 79.1 Å². The molecule has 1 spiro atoms. The highest BCUT2D eigenvalue weighted by molar-refractivity contribution is 5.27. The topological polar surface area (TPSA) is 20.2 Å². The molecular formula is C20H32O. The van der Waals surface area contributed by atoms with Gasteiger partial charge in [0.2, 0.25) is 0 Å². The molecule has 4 rings (SSSR count). The summed E-state index contributed by atoms with van der Waals surface area (Å²) in [7, 11) is 0. The molecule has 2 bridgehead atoms. The largest absolute Gasteiger partial charge is 0.388 e. The van der Waals surface area contributed by atoms with Crippen molar-refractivity contribution in [2.75, 3.05) is 0 Å². The Hall–Kier alpha value is -0.300. The van der Waals surface area contributed by atoms with Crippen LogP contribution in [0, 0.1) is 34.0 Å². The second kappa shape index (κ2) is 4.16. The molecule has 0 aromatic heterocycles. The highest BCUT2D eigenvalue weighted by Crippen LogP contribution is 2.71. The van der Waals surface area contributed by atoms with E-state index in [0.29, 0.717) is 16.7 Å². The molecule has 1 heteroatoms. The lowest BCUT2D eigenvalue weighted by atomic mass is 9.41. The molecule has 0 saturated heterocycles. The Kier molecular flexibility index (Phi) is 2.83. The number of hydrogen-bond acceptors (Lipinski definition) is 1. The molecule has 0 radical (unpaired) electrons. The van der Waals surface area contributed by atoms with E-state index in [-0.39, 0.29) is 11.5 Å². The summed E-state index contributed by atoms with van der Waals surface area (Å²) in [5, 5.41) is 11.0. The molecule has 118 valence electrons. The molecule has 1 N–H and O–H groups in total. The van der Waals surface area contributed by atoms with Crippen molar-refractivity contribution in [3.8, 4) is 0 Å². The van der Waals surface area contributed by atoms with Crippen LogP contribution >= 0.6 is 0 Å². The summed E-state index contributed by atoms with van der Waals surface area (Å²) < 4.78 is 0. The molecule has 21 heavy (non-hydrogen) atoms. The number of rotatable bonds is 0. The van der Waals surface area contributed by atoms with Crippen LogP contribution in [-0.2, 0) is 0 Å². The van der Waals surface area contributed by atoms with Crippen LogP contribution in [0.4, 0.5) is 0 Å². The van der Waals surface area contributed by atoms with E-state index in [0.717, 1.165) is 11.8 Å². The summed E-state index contributed by atoms with van der Waals surface area (Å²) in [6.45, 7) is 11.9. The summed E-state index contributed by atoms with van der Waals surface area (Å²) in [4.78, 5) is 0. The maximum absolute atomic E-state index is 11.0.